The van der Waals surface area contributed by atoms with Crippen LogP contribution in [-0.4, -0.2) is 29.9 Å². The average Bonchev–Trinajstić information content (AvgIpc) is 4.01. The maximum Gasteiger partial charge on any atom is 0.112 e. The molecule has 3 aromatic rings. The fraction of sp³-hybridized carbons (Fsp3) is 0.816. The first-order valence-electron chi connectivity index (χ1n) is 22.9. The largest absolute Gasteiger partial charge is 0.351 e. The third-order valence-corrected chi connectivity index (χ3v) is 14.5. The molecule has 0 atom stereocenters. The van der Waals surface area contributed by atoms with Gasteiger partial charge in [0, 0.05) is 56.3 Å². The lowest BCUT2D eigenvalue weighted by atomic mass is 9.73. The van der Waals surface area contributed by atoms with Crippen molar-refractivity contribution in [3.63, 3.8) is 0 Å². The predicted octanol–water partition coefficient (Wildman–Crippen LogP) is 15.3. The third kappa shape index (κ3) is 13.1. The van der Waals surface area contributed by atoms with Crippen LogP contribution in [0.3, 0.4) is 0 Å². The molecular weight excluding hydrogens is 673 g/mol. The molecule has 3 aromatic heterocycles. The van der Waals surface area contributed by atoms with Gasteiger partial charge in [-0.15, -0.1) is 0 Å². The van der Waals surface area contributed by atoms with Crippen molar-refractivity contribution in [1.29, 1.82) is 0 Å². The van der Waals surface area contributed by atoms with E-state index in [2.05, 4.69) is 145 Å². The predicted molar refractivity (Wildman–Crippen MR) is 242 cm³/mol. The Kier molecular flexibility index (Phi) is 20.8. The molecule has 6 nitrogen and oxygen atoms in total. The van der Waals surface area contributed by atoms with Crippen LogP contribution in [0.5, 0.6) is 0 Å². The molecule has 3 heterocycles. The Balaban J connectivity index is 0.000000486. The van der Waals surface area contributed by atoms with Crippen LogP contribution in [0, 0.1) is 0 Å². The van der Waals surface area contributed by atoms with Crippen molar-refractivity contribution in [2.45, 2.75) is 260 Å². The summed E-state index contributed by atoms with van der Waals surface area (Å²) in [4.78, 5) is 24.7. The van der Waals surface area contributed by atoms with Crippen molar-refractivity contribution in [2.75, 3.05) is 0 Å². The zero-order chi connectivity index (χ0) is 42.1. The maximum absolute atomic E-state index is 5.28. The van der Waals surface area contributed by atoms with Crippen molar-refractivity contribution in [2.24, 2.45) is 0 Å². The van der Waals surface area contributed by atoms with Crippen molar-refractivity contribution >= 4 is 0 Å². The minimum Gasteiger partial charge on any atom is -0.351 e. The highest BCUT2D eigenvalue weighted by atomic mass is 15.0. The Morgan fingerprint density at radius 1 is 0.455 bits per heavy atom. The molecule has 3 N–H and O–H groups in total. The molecule has 3 rings (SSSR count). The van der Waals surface area contributed by atoms with E-state index in [-0.39, 0.29) is 32.5 Å². The van der Waals surface area contributed by atoms with Gasteiger partial charge in [-0.1, -0.05) is 163 Å². The second kappa shape index (κ2) is 22.5. The van der Waals surface area contributed by atoms with E-state index in [4.69, 9.17) is 9.97 Å². The Hall–Kier alpha value is -2.37. The van der Waals surface area contributed by atoms with Crippen LogP contribution < -0.4 is 0 Å². The first-order valence-corrected chi connectivity index (χ1v) is 22.9. The van der Waals surface area contributed by atoms with E-state index in [1.807, 2.05) is 0 Å². The molecule has 0 aliphatic rings. The molecule has 318 valence electrons. The van der Waals surface area contributed by atoms with Gasteiger partial charge in [-0.3, -0.25) is 0 Å². The first kappa shape index (κ1) is 50.6. The summed E-state index contributed by atoms with van der Waals surface area (Å²) in [5, 5.41) is 0. The van der Waals surface area contributed by atoms with E-state index >= 15 is 0 Å². The molecule has 0 unspecified atom stereocenters. The molecule has 55 heavy (non-hydrogen) atoms. The molecule has 0 aromatic carbocycles. The zero-order valence-corrected chi connectivity index (χ0v) is 39.9. The Morgan fingerprint density at radius 3 is 1.00 bits per heavy atom. The molecule has 0 fully saturated rings. The number of rotatable bonds is 22. The van der Waals surface area contributed by atoms with Gasteiger partial charge >= 0.3 is 0 Å². The molecule has 0 aliphatic carbocycles. The Labute approximate surface area is 341 Å². The second-order valence-electron chi connectivity index (χ2n) is 19.1. The number of nitrogens with one attached hydrogen (secondary N) is 3. The second-order valence-corrected chi connectivity index (χ2v) is 19.1. The van der Waals surface area contributed by atoms with Crippen LogP contribution in [0.2, 0.25) is 0 Å². The molecule has 0 aliphatic heterocycles. The number of hydrogen-bond acceptors (Lipinski definition) is 3. The van der Waals surface area contributed by atoms with Crippen molar-refractivity contribution in [1.82, 2.24) is 29.9 Å². The highest BCUT2D eigenvalue weighted by molar-refractivity contribution is 5.33. The monoisotopic (exact) mass is 765 g/mol. The minimum atomic E-state index is 0.118. The Bertz CT molecular complexity index is 1240. The fourth-order valence-corrected chi connectivity index (χ4v) is 7.60. The fourth-order valence-electron chi connectivity index (χ4n) is 7.60. The SMILES string of the molecule is CCCCCC(C)(C)c1nc(C(C)(CC)CC)c(C(C)(CC)CC)[nH]1.CCCCCC(C)(C)c1nc(C(C)(CC)CC)c(C(C)(CC)CC)[nH]1.c1c[nH]cn1. The van der Waals surface area contributed by atoms with Crippen molar-refractivity contribution in [3.05, 3.63) is 53.1 Å². The lowest BCUT2D eigenvalue weighted by Gasteiger charge is -2.32. The van der Waals surface area contributed by atoms with Crippen LogP contribution in [0.1, 0.15) is 262 Å². The smallest absolute Gasteiger partial charge is 0.112 e. The van der Waals surface area contributed by atoms with Gasteiger partial charge in [-0.2, -0.15) is 0 Å². The number of H-pyrrole nitrogens is 3. The van der Waals surface area contributed by atoms with E-state index < -0.39 is 0 Å². The summed E-state index contributed by atoms with van der Waals surface area (Å²) in [6.07, 6.45) is 24.4. The molecule has 0 amide bonds. The highest BCUT2D eigenvalue weighted by Crippen LogP contribution is 2.43. The molecule has 0 saturated heterocycles. The van der Waals surface area contributed by atoms with Gasteiger partial charge in [0.2, 0.25) is 0 Å². The maximum atomic E-state index is 5.28. The van der Waals surface area contributed by atoms with E-state index in [1.165, 1.54) is 85.8 Å². The summed E-state index contributed by atoms with van der Waals surface area (Å²) in [6, 6.07) is 0. The topological polar surface area (TPSA) is 86.0 Å². The van der Waals surface area contributed by atoms with E-state index in [9.17, 15) is 0 Å². The van der Waals surface area contributed by atoms with Crippen molar-refractivity contribution in [3.8, 4) is 0 Å². The lowest BCUT2D eigenvalue weighted by Crippen LogP contribution is -2.29. The zero-order valence-electron chi connectivity index (χ0n) is 39.9. The lowest BCUT2D eigenvalue weighted by molar-refractivity contribution is 0.382. The summed E-state index contributed by atoms with van der Waals surface area (Å²) in [5.74, 6) is 2.41. The number of nitrogens with zero attached hydrogens (tertiary/aromatic N) is 3. The van der Waals surface area contributed by atoms with E-state index in [0.717, 1.165) is 51.4 Å². The molecule has 6 heteroatoms. The number of aromatic amines is 3. The number of hydrogen-bond donors (Lipinski definition) is 3. The molecular formula is C49H92N6. The molecule has 0 saturated carbocycles. The molecule has 0 spiro atoms. The first-order chi connectivity index (χ1) is 25.8. The molecule has 0 bridgehead atoms. The van der Waals surface area contributed by atoms with Gasteiger partial charge in [0.25, 0.3) is 0 Å². The van der Waals surface area contributed by atoms with Crippen LogP contribution in [0.15, 0.2) is 18.7 Å². The normalized spacial score (nSPS) is 13.0. The van der Waals surface area contributed by atoms with Crippen LogP contribution in [0.25, 0.3) is 0 Å². The summed E-state index contributed by atoms with van der Waals surface area (Å²) in [7, 11) is 0. The summed E-state index contributed by atoms with van der Waals surface area (Å²) < 4.78 is 0. The Morgan fingerprint density at radius 2 is 0.782 bits per heavy atom. The van der Waals surface area contributed by atoms with Crippen LogP contribution in [-0.2, 0) is 32.5 Å². The summed E-state index contributed by atoms with van der Waals surface area (Å²) in [6.45, 7) is 42.1. The third-order valence-electron chi connectivity index (χ3n) is 14.5. The van der Waals surface area contributed by atoms with Crippen LogP contribution in [0.4, 0.5) is 0 Å². The van der Waals surface area contributed by atoms with E-state index in [0.29, 0.717) is 0 Å². The van der Waals surface area contributed by atoms with Gasteiger partial charge in [0.1, 0.15) is 11.6 Å². The van der Waals surface area contributed by atoms with Crippen molar-refractivity contribution < 1.29 is 0 Å². The van der Waals surface area contributed by atoms with Gasteiger partial charge in [-0.25, -0.2) is 15.0 Å². The van der Waals surface area contributed by atoms with Crippen LogP contribution >= 0.6 is 0 Å². The minimum absolute atomic E-state index is 0.118. The van der Waals surface area contributed by atoms with Gasteiger partial charge in [0.05, 0.1) is 17.7 Å². The number of aromatic nitrogens is 6. The number of unbranched alkanes of at least 4 members (excludes halogenated alkanes) is 4. The van der Waals surface area contributed by atoms with Gasteiger partial charge < -0.3 is 15.0 Å². The van der Waals surface area contributed by atoms with Gasteiger partial charge in [-0.05, 0) is 64.2 Å². The standard InChI is InChI=1S/2C23H44N2.C3H4N2/c2*1-10-15-16-17-21(6,7)20-24-18(22(8,11-2)12-3)19(25-20)23(9,13-4)14-5;1-2-5-3-4-1/h2*10-17H2,1-9H3,(H,24,25);1-3H,(H,4,5). The summed E-state index contributed by atoms with van der Waals surface area (Å²) >= 11 is 0. The van der Waals surface area contributed by atoms with E-state index in [1.54, 1.807) is 18.7 Å². The highest BCUT2D eigenvalue weighted by Gasteiger charge is 2.40. The molecule has 0 radical (unpaired) electrons. The average molecular weight is 765 g/mol. The van der Waals surface area contributed by atoms with Gasteiger partial charge in [0.15, 0.2) is 0 Å². The quantitative estimate of drug-likeness (QED) is 0.0891. The number of imidazole rings is 3. The summed E-state index contributed by atoms with van der Waals surface area (Å²) in [5.41, 5.74) is 6.41.